The van der Waals surface area contributed by atoms with Crippen LogP contribution in [0, 0.1) is 5.92 Å². The molecule has 0 radical (unpaired) electrons. The molecule has 6 nitrogen and oxygen atoms in total. The van der Waals surface area contributed by atoms with Crippen LogP contribution in [0.4, 0.5) is 0 Å². The standard InChI is InChI=1S/C21H26N4O2S/c1-5-19-17(20(26)22-11-10-14(2)3)12-23-25(19)21-24-18(13-28-21)15-6-8-16(27-4)9-7-15/h6-9,12-14H,5,10-11H2,1-4H3,(H,22,26). The molecule has 0 spiro atoms. The van der Waals surface area contributed by atoms with Gasteiger partial charge in [-0.15, -0.1) is 11.3 Å². The van der Waals surface area contributed by atoms with Crippen LogP contribution in [0.3, 0.4) is 0 Å². The Morgan fingerprint density at radius 1 is 1.29 bits per heavy atom. The zero-order valence-electron chi connectivity index (χ0n) is 16.7. The van der Waals surface area contributed by atoms with Crippen LogP contribution in [-0.2, 0) is 6.42 Å². The number of carbonyl (C=O) groups excluding carboxylic acids is 1. The molecule has 0 aliphatic heterocycles. The van der Waals surface area contributed by atoms with Gasteiger partial charge in [0.2, 0.25) is 5.13 Å². The minimum Gasteiger partial charge on any atom is -0.497 e. The van der Waals surface area contributed by atoms with Crippen molar-refractivity contribution < 1.29 is 9.53 Å². The van der Waals surface area contributed by atoms with E-state index < -0.39 is 0 Å². The fraction of sp³-hybridized carbons (Fsp3) is 0.381. The summed E-state index contributed by atoms with van der Waals surface area (Å²) in [5.41, 5.74) is 3.38. The van der Waals surface area contributed by atoms with Crippen molar-refractivity contribution in [2.45, 2.75) is 33.6 Å². The van der Waals surface area contributed by atoms with Crippen molar-refractivity contribution in [2.75, 3.05) is 13.7 Å². The van der Waals surface area contributed by atoms with E-state index in [0.717, 1.165) is 34.3 Å². The number of nitrogens with zero attached hydrogens (tertiary/aromatic N) is 3. The highest BCUT2D eigenvalue weighted by Crippen LogP contribution is 2.27. The van der Waals surface area contributed by atoms with Gasteiger partial charge < -0.3 is 10.1 Å². The maximum absolute atomic E-state index is 12.5. The van der Waals surface area contributed by atoms with Crippen LogP contribution in [0.25, 0.3) is 16.4 Å². The Morgan fingerprint density at radius 3 is 2.68 bits per heavy atom. The van der Waals surface area contributed by atoms with E-state index in [2.05, 4.69) is 24.3 Å². The Morgan fingerprint density at radius 2 is 2.04 bits per heavy atom. The van der Waals surface area contributed by atoms with Crippen molar-refractivity contribution in [2.24, 2.45) is 5.92 Å². The van der Waals surface area contributed by atoms with Crippen molar-refractivity contribution in [3.8, 4) is 22.1 Å². The van der Waals surface area contributed by atoms with E-state index >= 15 is 0 Å². The first-order valence-electron chi connectivity index (χ1n) is 9.48. The SMILES string of the molecule is CCc1c(C(=O)NCCC(C)C)cnn1-c1nc(-c2ccc(OC)cc2)cs1. The van der Waals surface area contributed by atoms with Crippen LogP contribution in [0.15, 0.2) is 35.8 Å². The number of hydrogen-bond acceptors (Lipinski definition) is 5. The lowest BCUT2D eigenvalue weighted by molar-refractivity contribution is 0.0951. The smallest absolute Gasteiger partial charge is 0.254 e. The Hall–Kier alpha value is -2.67. The van der Waals surface area contributed by atoms with Crippen LogP contribution in [0.1, 0.15) is 43.2 Å². The van der Waals surface area contributed by atoms with Crippen LogP contribution < -0.4 is 10.1 Å². The molecule has 0 bridgehead atoms. The van der Waals surface area contributed by atoms with Crippen LogP contribution in [0.5, 0.6) is 5.75 Å². The topological polar surface area (TPSA) is 69.0 Å². The molecule has 0 fully saturated rings. The summed E-state index contributed by atoms with van der Waals surface area (Å²) in [6, 6.07) is 7.79. The molecule has 0 aliphatic carbocycles. The number of aromatic nitrogens is 3. The monoisotopic (exact) mass is 398 g/mol. The van der Waals surface area contributed by atoms with E-state index in [9.17, 15) is 4.79 Å². The molecule has 0 saturated heterocycles. The number of rotatable bonds is 8. The second-order valence-corrected chi connectivity index (χ2v) is 7.79. The second kappa shape index (κ2) is 9.01. The van der Waals surface area contributed by atoms with Crippen molar-refractivity contribution in [1.82, 2.24) is 20.1 Å². The average molecular weight is 399 g/mol. The lowest BCUT2D eigenvalue weighted by atomic mass is 10.1. The number of carbonyl (C=O) groups is 1. The lowest BCUT2D eigenvalue weighted by Gasteiger charge is -2.08. The summed E-state index contributed by atoms with van der Waals surface area (Å²) in [7, 11) is 1.65. The zero-order chi connectivity index (χ0) is 20.1. The number of hydrogen-bond donors (Lipinski definition) is 1. The Bertz CT molecular complexity index is 928. The molecule has 0 atom stereocenters. The molecule has 0 saturated carbocycles. The molecule has 2 heterocycles. The summed E-state index contributed by atoms with van der Waals surface area (Å²) >= 11 is 1.51. The van der Waals surface area contributed by atoms with Crippen LogP contribution in [-0.4, -0.2) is 34.3 Å². The predicted octanol–water partition coefficient (Wildman–Crippen LogP) is 4.34. The number of thiazole rings is 1. The van der Waals surface area contributed by atoms with Gasteiger partial charge in [-0.3, -0.25) is 4.79 Å². The number of benzene rings is 1. The quantitative estimate of drug-likeness (QED) is 0.613. The van der Waals surface area contributed by atoms with Crippen LogP contribution in [0.2, 0.25) is 0 Å². The Labute approximate surface area is 169 Å². The first-order valence-corrected chi connectivity index (χ1v) is 10.4. The number of methoxy groups -OCH3 is 1. The van der Waals surface area contributed by atoms with Gasteiger partial charge in [0.25, 0.3) is 5.91 Å². The molecule has 7 heteroatoms. The first kappa shape index (κ1) is 20.1. The summed E-state index contributed by atoms with van der Waals surface area (Å²) in [5, 5.41) is 10.2. The van der Waals surface area contributed by atoms with Gasteiger partial charge in [-0.2, -0.15) is 5.10 Å². The van der Waals surface area contributed by atoms with E-state index in [1.165, 1.54) is 11.3 Å². The number of amides is 1. The molecule has 1 N–H and O–H groups in total. The molecular formula is C21H26N4O2S. The molecule has 1 amide bonds. The van der Waals surface area contributed by atoms with Crippen molar-refractivity contribution in [1.29, 1.82) is 0 Å². The summed E-state index contributed by atoms with van der Waals surface area (Å²) in [6.45, 7) is 6.98. The maximum atomic E-state index is 12.5. The Kier molecular flexibility index (Phi) is 6.46. The van der Waals surface area contributed by atoms with Crippen molar-refractivity contribution >= 4 is 17.2 Å². The van der Waals surface area contributed by atoms with E-state index in [1.54, 1.807) is 18.0 Å². The molecule has 1 aromatic carbocycles. The van der Waals surface area contributed by atoms with E-state index in [1.807, 2.05) is 36.6 Å². The highest BCUT2D eigenvalue weighted by molar-refractivity contribution is 7.12. The molecular weight excluding hydrogens is 372 g/mol. The summed E-state index contributed by atoms with van der Waals surface area (Å²) in [5.74, 6) is 1.30. The largest absolute Gasteiger partial charge is 0.497 e. The highest BCUT2D eigenvalue weighted by atomic mass is 32.1. The van der Waals surface area contributed by atoms with E-state index in [-0.39, 0.29) is 5.91 Å². The van der Waals surface area contributed by atoms with Gasteiger partial charge in [0.15, 0.2) is 0 Å². The molecule has 0 aliphatic rings. The average Bonchev–Trinajstić information content (AvgIpc) is 3.34. The fourth-order valence-corrected chi connectivity index (χ4v) is 3.71. The first-order chi connectivity index (χ1) is 13.5. The van der Waals surface area contributed by atoms with Crippen LogP contribution >= 0.6 is 11.3 Å². The van der Waals surface area contributed by atoms with Gasteiger partial charge in [0.1, 0.15) is 5.75 Å². The number of ether oxygens (including phenoxy) is 1. The van der Waals surface area contributed by atoms with Crippen molar-refractivity contribution in [3.05, 3.63) is 47.1 Å². The highest BCUT2D eigenvalue weighted by Gasteiger charge is 2.19. The fourth-order valence-electron chi connectivity index (χ4n) is 2.89. The predicted molar refractivity (Wildman–Crippen MR) is 112 cm³/mol. The molecule has 28 heavy (non-hydrogen) atoms. The normalized spacial score (nSPS) is 11.0. The maximum Gasteiger partial charge on any atom is 0.254 e. The van der Waals surface area contributed by atoms with Gasteiger partial charge >= 0.3 is 0 Å². The molecule has 2 aromatic heterocycles. The van der Waals surface area contributed by atoms with Gasteiger partial charge in [-0.1, -0.05) is 20.8 Å². The minimum absolute atomic E-state index is 0.0734. The summed E-state index contributed by atoms with van der Waals surface area (Å²) in [4.78, 5) is 17.3. The van der Waals surface area contributed by atoms with Gasteiger partial charge in [-0.25, -0.2) is 9.67 Å². The minimum atomic E-state index is -0.0734. The molecule has 3 aromatic rings. The third-order valence-corrected chi connectivity index (χ3v) is 5.33. The third kappa shape index (κ3) is 4.42. The van der Waals surface area contributed by atoms with Gasteiger partial charge in [-0.05, 0) is 43.0 Å². The lowest BCUT2D eigenvalue weighted by Crippen LogP contribution is -2.26. The van der Waals surface area contributed by atoms with Crippen molar-refractivity contribution in [3.63, 3.8) is 0 Å². The molecule has 0 unspecified atom stereocenters. The second-order valence-electron chi connectivity index (χ2n) is 6.95. The molecule has 148 valence electrons. The van der Waals surface area contributed by atoms with Gasteiger partial charge in [0, 0.05) is 17.5 Å². The molecule has 3 rings (SSSR count). The Balaban J connectivity index is 1.81. The summed E-state index contributed by atoms with van der Waals surface area (Å²) < 4.78 is 6.98. The van der Waals surface area contributed by atoms with E-state index in [4.69, 9.17) is 9.72 Å². The summed E-state index contributed by atoms with van der Waals surface area (Å²) in [6.07, 6.45) is 3.29. The third-order valence-electron chi connectivity index (χ3n) is 4.51. The van der Waals surface area contributed by atoms with Gasteiger partial charge in [0.05, 0.1) is 30.3 Å². The number of nitrogens with one attached hydrogen (secondary N) is 1. The van der Waals surface area contributed by atoms with E-state index in [0.29, 0.717) is 24.4 Å². The zero-order valence-corrected chi connectivity index (χ0v) is 17.5.